The molecule has 3 heterocycles. The lowest BCUT2D eigenvalue weighted by atomic mass is 9.72. The number of carbonyl (C=O) groups is 1. The van der Waals surface area contributed by atoms with Crippen molar-refractivity contribution < 1.29 is 13.9 Å². The summed E-state index contributed by atoms with van der Waals surface area (Å²) < 4.78 is 12.8. The van der Waals surface area contributed by atoms with E-state index in [9.17, 15) is 4.79 Å². The molecule has 1 amide bonds. The number of nitrogens with zero attached hydrogens (tertiary/aromatic N) is 1. The maximum Gasteiger partial charge on any atom is 0.224 e. The number of ether oxygens (including phenoxy) is 1. The first-order valence-electron chi connectivity index (χ1n) is 11.3. The van der Waals surface area contributed by atoms with Crippen molar-refractivity contribution in [3.05, 3.63) is 35.6 Å². The fraction of sp³-hybridized carbons (Fsp3) is 0.625. The topological polar surface area (TPSA) is 54.7 Å². The summed E-state index contributed by atoms with van der Waals surface area (Å²) in [5.74, 6) is 1.41. The van der Waals surface area contributed by atoms with Gasteiger partial charge in [-0.1, -0.05) is 18.2 Å². The van der Waals surface area contributed by atoms with Gasteiger partial charge in [-0.05, 0) is 64.1 Å². The first-order valence-corrected chi connectivity index (χ1v) is 11.3. The van der Waals surface area contributed by atoms with Crippen LogP contribution < -0.4 is 5.32 Å². The molecule has 0 bridgehead atoms. The molecule has 1 saturated carbocycles. The molecule has 1 aromatic heterocycles. The minimum absolute atomic E-state index is 0.0435. The van der Waals surface area contributed by atoms with Gasteiger partial charge in [0.1, 0.15) is 11.3 Å². The van der Waals surface area contributed by atoms with Gasteiger partial charge >= 0.3 is 0 Å². The molecule has 1 aromatic carbocycles. The van der Waals surface area contributed by atoms with Crippen LogP contribution in [0.1, 0.15) is 62.2 Å². The minimum atomic E-state index is 0.0435. The van der Waals surface area contributed by atoms with Gasteiger partial charge in [0, 0.05) is 36.6 Å². The van der Waals surface area contributed by atoms with Crippen molar-refractivity contribution in [2.45, 2.75) is 68.9 Å². The normalized spacial score (nSPS) is 30.4. The van der Waals surface area contributed by atoms with Gasteiger partial charge in [0.15, 0.2) is 0 Å². The van der Waals surface area contributed by atoms with E-state index in [0.29, 0.717) is 18.4 Å². The third kappa shape index (κ3) is 3.49. The first kappa shape index (κ1) is 19.1. The van der Waals surface area contributed by atoms with Crippen molar-refractivity contribution >= 4 is 16.9 Å². The number of hydrogen-bond donors (Lipinski definition) is 1. The summed E-state index contributed by atoms with van der Waals surface area (Å²) in [6.07, 6.45) is 8.58. The van der Waals surface area contributed by atoms with Crippen LogP contribution in [0.2, 0.25) is 0 Å². The number of furan rings is 1. The van der Waals surface area contributed by atoms with E-state index >= 15 is 0 Å². The molecule has 3 unspecified atom stereocenters. The van der Waals surface area contributed by atoms with Crippen molar-refractivity contribution in [1.82, 2.24) is 10.2 Å². The van der Waals surface area contributed by atoms with Gasteiger partial charge in [-0.2, -0.15) is 0 Å². The Hall–Kier alpha value is -1.85. The number of benzene rings is 1. The fourth-order valence-electron chi connectivity index (χ4n) is 5.96. The molecule has 156 valence electrons. The monoisotopic (exact) mass is 396 g/mol. The molecule has 2 aromatic rings. The van der Waals surface area contributed by atoms with Crippen molar-refractivity contribution in [2.24, 2.45) is 0 Å². The lowest BCUT2D eigenvalue weighted by Crippen LogP contribution is -2.48. The number of likely N-dealkylation sites (N-methyl/N-ethyl adjacent to an activating group) is 1. The van der Waals surface area contributed by atoms with Crippen LogP contribution in [-0.4, -0.2) is 49.2 Å². The van der Waals surface area contributed by atoms with Crippen LogP contribution in [0.15, 0.2) is 28.7 Å². The quantitative estimate of drug-likeness (QED) is 0.849. The Bertz CT molecular complexity index is 877. The standard InChI is InChI=1S/C24H32N2O3/c1-25-22(27)15-19-17-7-2-3-8-21(17)29-23(19)18-9-11-24(10-6-14-28-24)16-20(18)26-12-4-5-13-26/h2-3,7-8,18,20H,4-6,9-16H2,1H3,(H,25,27). The summed E-state index contributed by atoms with van der Waals surface area (Å²) in [5, 5.41) is 3.88. The van der Waals surface area contributed by atoms with E-state index in [2.05, 4.69) is 16.3 Å². The van der Waals surface area contributed by atoms with Crippen LogP contribution in [0.5, 0.6) is 0 Å². The second-order valence-corrected chi connectivity index (χ2v) is 9.09. The van der Waals surface area contributed by atoms with Gasteiger partial charge in [0.2, 0.25) is 5.91 Å². The lowest BCUT2D eigenvalue weighted by molar-refractivity contribution is -0.120. The number of carbonyl (C=O) groups excluding carboxylic acids is 1. The van der Waals surface area contributed by atoms with Gasteiger partial charge in [-0.15, -0.1) is 0 Å². The van der Waals surface area contributed by atoms with Gasteiger partial charge in [-0.3, -0.25) is 9.69 Å². The zero-order chi connectivity index (χ0) is 19.8. The van der Waals surface area contributed by atoms with Crippen LogP contribution >= 0.6 is 0 Å². The van der Waals surface area contributed by atoms with E-state index < -0.39 is 0 Å². The van der Waals surface area contributed by atoms with Crippen LogP contribution in [0, 0.1) is 0 Å². The Balaban J connectivity index is 1.54. The average molecular weight is 397 g/mol. The molecule has 3 aliphatic rings. The predicted molar refractivity (Wildman–Crippen MR) is 113 cm³/mol. The first-order chi connectivity index (χ1) is 14.2. The number of rotatable bonds is 4. The van der Waals surface area contributed by atoms with E-state index in [1.165, 1.54) is 38.8 Å². The summed E-state index contributed by atoms with van der Waals surface area (Å²) in [7, 11) is 1.71. The van der Waals surface area contributed by atoms with Gasteiger partial charge < -0.3 is 14.5 Å². The molecule has 1 spiro atoms. The fourth-order valence-corrected chi connectivity index (χ4v) is 5.96. The molecule has 3 fully saturated rings. The molecule has 2 aliphatic heterocycles. The van der Waals surface area contributed by atoms with E-state index in [1.807, 2.05) is 18.2 Å². The second kappa shape index (κ2) is 7.77. The summed E-state index contributed by atoms with van der Waals surface area (Å²) >= 11 is 0. The zero-order valence-electron chi connectivity index (χ0n) is 17.4. The highest BCUT2D eigenvalue weighted by molar-refractivity contribution is 5.88. The number of nitrogens with one attached hydrogen (secondary N) is 1. The number of fused-ring (bicyclic) bond motifs is 1. The van der Waals surface area contributed by atoms with Crippen LogP contribution in [0.25, 0.3) is 11.0 Å². The van der Waals surface area contributed by atoms with Crippen LogP contribution in [0.4, 0.5) is 0 Å². The predicted octanol–water partition coefficient (Wildman–Crippen LogP) is 4.00. The molecule has 1 N–H and O–H groups in total. The van der Waals surface area contributed by atoms with E-state index in [1.54, 1.807) is 7.05 Å². The molecule has 5 rings (SSSR count). The molecule has 5 heteroatoms. The highest BCUT2D eigenvalue weighted by Gasteiger charge is 2.47. The van der Waals surface area contributed by atoms with Gasteiger partial charge in [0.05, 0.1) is 12.0 Å². The molecule has 1 aliphatic carbocycles. The molecule has 5 nitrogen and oxygen atoms in total. The number of para-hydroxylation sites is 1. The van der Waals surface area contributed by atoms with Crippen molar-refractivity contribution in [2.75, 3.05) is 26.7 Å². The molecule has 29 heavy (non-hydrogen) atoms. The minimum Gasteiger partial charge on any atom is -0.460 e. The summed E-state index contributed by atoms with van der Waals surface area (Å²) in [6, 6.07) is 8.61. The Labute approximate surface area is 172 Å². The summed E-state index contributed by atoms with van der Waals surface area (Å²) in [6.45, 7) is 3.24. The third-order valence-corrected chi connectivity index (χ3v) is 7.43. The van der Waals surface area contributed by atoms with Gasteiger partial charge in [-0.25, -0.2) is 0 Å². The average Bonchev–Trinajstić information content (AvgIpc) is 3.49. The SMILES string of the molecule is CNC(=O)Cc1c(C2CCC3(CCCO3)CC2N2CCCC2)oc2ccccc12. The number of amides is 1. The maximum absolute atomic E-state index is 12.3. The Kier molecular flexibility index (Phi) is 5.12. The molecule has 3 atom stereocenters. The molecule has 2 saturated heterocycles. The third-order valence-electron chi connectivity index (χ3n) is 7.43. The number of hydrogen-bond acceptors (Lipinski definition) is 4. The summed E-state index contributed by atoms with van der Waals surface area (Å²) in [5.41, 5.74) is 2.05. The van der Waals surface area contributed by atoms with Crippen molar-refractivity contribution in [3.8, 4) is 0 Å². The largest absolute Gasteiger partial charge is 0.460 e. The van der Waals surface area contributed by atoms with Crippen LogP contribution in [-0.2, 0) is 16.0 Å². The highest BCUT2D eigenvalue weighted by Crippen LogP contribution is 2.49. The van der Waals surface area contributed by atoms with Crippen molar-refractivity contribution in [1.29, 1.82) is 0 Å². The molecular weight excluding hydrogens is 364 g/mol. The smallest absolute Gasteiger partial charge is 0.224 e. The lowest BCUT2D eigenvalue weighted by Gasteiger charge is -2.45. The van der Waals surface area contributed by atoms with E-state index in [0.717, 1.165) is 48.2 Å². The maximum atomic E-state index is 12.3. The van der Waals surface area contributed by atoms with Crippen molar-refractivity contribution in [3.63, 3.8) is 0 Å². The molecular formula is C24H32N2O3. The second-order valence-electron chi connectivity index (χ2n) is 9.09. The Morgan fingerprint density at radius 2 is 2.03 bits per heavy atom. The number of likely N-dealkylation sites (tertiary alicyclic amines) is 1. The Morgan fingerprint density at radius 3 is 2.79 bits per heavy atom. The Morgan fingerprint density at radius 1 is 1.21 bits per heavy atom. The van der Waals surface area contributed by atoms with Crippen LogP contribution in [0.3, 0.4) is 0 Å². The highest BCUT2D eigenvalue weighted by atomic mass is 16.5. The molecule has 0 radical (unpaired) electrons. The van der Waals surface area contributed by atoms with Gasteiger partial charge in [0.25, 0.3) is 0 Å². The zero-order valence-corrected chi connectivity index (χ0v) is 17.4. The van der Waals surface area contributed by atoms with E-state index in [4.69, 9.17) is 9.15 Å². The van der Waals surface area contributed by atoms with E-state index in [-0.39, 0.29) is 11.5 Å². The summed E-state index contributed by atoms with van der Waals surface area (Å²) in [4.78, 5) is 15.0.